The van der Waals surface area contributed by atoms with Crippen LogP contribution in [0.2, 0.25) is 0 Å². The number of nitrogens with two attached hydrogens (primary N) is 2. The van der Waals surface area contributed by atoms with Crippen molar-refractivity contribution in [2.24, 2.45) is 5.73 Å². The highest BCUT2D eigenvalue weighted by Crippen LogP contribution is 2.13. The molecule has 164 valence electrons. The second-order valence-electron chi connectivity index (χ2n) is 6.93. The van der Waals surface area contributed by atoms with Crippen LogP contribution in [0, 0.1) is 5.41 Å². The van der Waals surface area contributed by atoms with E-state index >= 15 is 0 Å². The second kappa shape index (κ2) is 10.4. The molecular weight excluding hydrogens is 390 g/mol. The lowest BCUT2D eigenvalue weighted by atomic mass is 10.1. The summed E-state index contributed by atoms with van der Waals surface area (Å²) < 4.78 is 1.55. The van der Waals surface area contributed by atoms with E-state index in [-0.39, 0.29) is 35.7 Å². The summed E-state index contributed by atoms with van der Waals surface area (Å²) >= 11 is 0. The Morgan fingerprint density at radius 3 is 2.77 bits per heavy atom. The molecule has 30 heavy (non-hydrogen) atoms. The lowest BCUT2D eigenvalue weighted by molar-refractivity contribution is -0.139. The lowest BCUT2D eigenvalue weighted by Crippen LogP contribution is -2.48. The number of Topliss-reactive ketones (excluding diaryl/α,β-unsaturated/α-hetero) is 1. The molecule has 0 aliphatic heterocycles. The third-order valence-electron chi connectivity index (χ3n) is 4.69. The number of H-pyrrole nitrogens is 1. The zero-order chi connectivity index (χ0) is 22.3. The predicted octanol–water partition coefficient (Wildman–Crippen LogP) is -1.42. The maximum Gasteiger partial charge on any atom is 0.261 e. The van der Waals surface area contributed by atoms with Crippen molar-refractivity contribution in [1.29, 1.82) is 5.41 Å². The number of anilines is 1. The van der Waals surface area contributed by atoms with Gasteiger partial charge < -0.3 is 31.6 Å². The van der Waals surface area contributed by atoms with Gasteiger partial charge in [0.25, 0.3) is 5.56 Å². The Kier molecular flexibility index (Phi) is 7.92. The van der Waals surface area contributed by atoms with Gasteiger partial charge in [-0.1, -0.05) is 0 Å². The van der Waals surface area contributed by atoms with Gasteiger partial charge >= 0.3 is 0 Å². The molecular formula is C18H29N9O3. The van der Waals surface area contributed by atoms with Gasteiger partial charge in [0, 0.05) is 25.8 Å². The first-order valence-electron chi connectivity index (χ1n) is 9.61. The van der Waals surface area contributed by atoms with Gasteiger partial charge in [0.2, 0.25) is 11.9 Å². The fourth-order valence-electron chi connectivity index (χ4n) is 3.24. The third kappa shape index (κ3) is 5.80. The summed E-state index contributed by atoms with van der Waals surface area (Å²) in [5.74, 6) is -0.577. The SMILES string of the molecule is CNCCN(C(=O)Cn1ccc2c(=O)[nH]c(N)nc21)[C@H](CCCNC(=N)N)C(C)=O. The van der Waals surface area contributed by atoms with Crippen LogP contribution in [0.3, 0.4) is 0 Å². The van der Waals surface area contributed by atoms with Crippen LogP contribution in [-0.4, -0.2) is 69.8 Å². The number of carbonyl (C=O) groups is 2. The summed E-state index contributed by atoms with van der Waals surface area (Å²) in [6.45, 7) is 2.66. The number of aromatic nitrogens is 3. The van der Waals surface area contributed by atoms with Gasteiger partial charge in [-0.25, -0.2) is 0 Å². The van der Waals surface area contributed by atoms with Crippen molar-refractivity contribution in [2.45, 2.75) is 32.4 Å². The quantitative estimate of drug-likeness (QED) is 0.145. The molecule has 2 aromatic heterocycles. The van der Waals surface area contributed by atoms with E-state index in [2.05, 4.69) is 20.6 Å². The molecule has 8 N–H and O–H groups in total. The van der Waals surface area contributed by atoms with Crippen LogP contribution in [0.5, 0.6) is 0 Å². The number of aromatic amines is 1. The third-order valence-corrected chi connectivity index (χ3v) is 4.69. The van der Waals surface area contributed by atoms with Crippen molar-refractivity contribution in [3.8, 4) is 0 Å². The molecule has 2 rings (SSSR count). The van der Waals surface area contributed by atoms with Crippen LogP contribution in [0.15, 0.2) is 17.1 Å². The van der Waals surface area contributed by atoms with Crippen LogP contribution in [0.1, 0.15) is 19.8 Å². The van der Waals surface area contributed by atoms with Crippen molar-refractivity contribution in [2.75, 3.05) is 32.4 Å². The van der Waals surface area contributed by atoms with E-state index in [0.29, 0.717) is 43.5 Å². The number of nitrogens with zero attached hydrogens (tertiary/aromatic N) is 3. The van der Waals surface area contributed by atoms with Crippen LogP contribution < -0.4 is 27.7 Å². The lowest BCUT2D eigenvalue weighted by Gasteiger charge is -2.30. The van der Waals surface area contributed by atoms with Gasteiger partial charge in [0.15, 0.2) is 11.7 Å². The number of guanidine groups is 1. The minimum atomic E-state index is -0.608. The van der Waals surface area contributed by atoms with Crippen molar-refractivity contribution >= 4 is 34.6 Å². The molecule has 0 aliphatic rings. The Bertz CT molecular complexity index is 965. The van der Waals surface area contributed by atoms with E-state index in [0.717, 1.165) is 0 Å². The Morgan fingerprint density at radius 2 is 2.13 bits per heavy atom. The minimum absolute atomic E-state index is 0.0356. The molecule has 12 nitrogen and oxygen atoms in total. The zero-order valence-corrected chi connectivity index (χ0v) is 17.2. The van der Waals surface area contributed by atoms with Gasteiger partial charge in [0.1, 0.15) is 12.2 Å². The molecule has 12 heteroatoms. The van der Waals surface area contributed by atoms with E-state index in [4.69, 9.17) is 16.9 Å². The number of rotatable bonds is 11. The Hall–Kier alpha value is -3.41. The van der Waals surface area contributed by atoms with Gasteiger partial charge in [-0.15, -0.1) is 0 Å². The van der Waals surface area contributed by atoms with Gasteiger partial charge in [-0.05, 0) is 32.9 Å². The second-order valence-corrected chi connectivity index (χ2v) is 6.93. The molecule has 2 heterocycles. The van der Waals surface area contributed by atoms with Crippen LogP contribution in [0.25, 0.3) is 11.0 Å². The van der Waals surface area contributed by atoms with Gasteiger partial charge in [0.05, 0.1) is 11.4 Å². The fraction of sp³-hybridized carbons (Fsp3) is 0.500. The predicted molar refractivity (Wildman–Crippen MR) is 114 cm³/mol. The first-order valence-corrected chi connectivity index (χ1v) is 9.61. The molecule has 1 atom stereocenters. The maximum atomic E-state index is 13.1. The number of nitrogen functional groups attached to an aromatic ring is 1. The number of hydrogen-bond acceptors (Lipinski definition) is 7. The molecule has 0 fully saturated rings. The van der Waals surface area contributed by atoms with Crippen LogP contribution in [-0.2, 0) is 16.1 Å². The summed E-state index contributed by atoms with van der Waals surface area (Å²) in [5, 5.41) is 13.2. The molecule has 0 saturated heterocycles. The summed E-state index contributed by atoms with van der Waals surface area (Å²) in [5.41, 5.74) is 10.8. The number of nitrogens with one attached hydrogen (secondary N) is 4. The molecule has 0 radical (unpaired) electrons. The topological polar surface area (TPSA) is 188 Å². The summed E-state index contributed by atoms with van der Waals surface area (Å²) in [6, 6.07) is 0.963. The fourth-order valence-corrected chi connectivity index (χ4v) is 3.24. The standard InChI is InChI=1S/C18H29N9O3/c1-11(28)13(4-3-6-23-17(19)20)27(9-7-22-2)14(29)10-26-8-5-12-15(26)24-18(21)25-16(12)30/h5,8,13,22H,3-4,6-7,9-10H2,1-2H3,(H4,19,20,23)(H3,21,24,25,30)/t13-/m1/s1. The van der Waals surface area contributed by atoms with E-state index < -0.39 is 6.04 Å². The van der Waals surface area contributed by atoms with Crippen LogP contribution in [0.4, 0.5) is 5.95 Å². The molecule has 0 saturated carbocycles. The number of amides is 1. The number of likely N-dealkylation sites (N-methyl/N-ethyl adjacent to an activating group) is 1. The maximum absolute atomic E-state index is 13.1. The van der Waals surface area contributed by atoms with Crippen molar-refractivity contribution in [3.63, 3.8) is 0 Å². The first-order chi connectivity index (χ1) is 14.2. The van der Waals surface area contributed by atoms with Crippen molar-refractivity contribution < 1.29 is 9.59 Å². The molecule has 0 unspecified atom stereocenters. The Balaban J connectivity index is 2.22. The molecule has 1 amide bonds. The Labute approximate surface area is 173 Å². The van der Waals surface area contributed by atoms with Crippen LogP contribution >= 0.6 is 0 Å². The summed E-state index contributed by atoms with van der Waals surface area (Å²) in [7, 11) is 1.76. The number of carbonyl (C=O) groups excluding carboxylic acids is 2. The first kappa shape index (κ1) is 22.9. The van der Waals surface area contributed by atoms with E-state index in [1.807, 2.05) is 0 Å². The zero-order valence-electron chi connectivity index (χ0n) is 17.2. The average Bonchev–Trinajstić information content (AvgIpc) is 3.05. The molecule has 2 aromatic rings. The average molecular weight is 419 g/mol. The van der Waals surface area contributed by atoms with Crippen molar-refractivity contribution in [3.05, 3.63) is 22.6 Å². The summed E-state index contributed by atoms with van der Waals surface area (Å²) in [4.78, 5) is 45.5. The molecule has 0 aromatic carbocycles. The Morgan fingerprint density at radius 1 is 1.40 bits per heavy atom. The highest BCUT2D eigenvalue weighted by Gasteiger charge is 2.27. The minimum Gasteiger partial charge on any atom is -0.370 e. The largest absolute Gasteiger partial charge is 0.370 e. The smallest absolute Gasteiger partial charge is 0.261 e. The molecule has 0 spiro atoms. The number of hydrogen-bond donors (Lipinski definition) is 6. The normalized spacial score (nSPS) is 11.9. The number of ketones is 1. The van der Waals surface area contributed by atoms with E-state index in [9.17, 15) is 14.4 Å². The monoisotopic (exact) mass is 419 g/mol. The molecule has 0 bridgehead atoms. The van der Waals surface area contributed by atoms with E-state index in [1.54, 1.807) is 23.9 Å². The van der Waals surface area contributed by atoms with Gasteiger partial charge in [-0.3, -0.25) is 24.8 Å². The van der Waals surface area contributed by atoms with Crippen molar-refractivity contribution in [1.82, 2.24) is 30.1 Å². The summed E-state index contributed by atoms with van der Waals surface area (Å²) in [6.07, 6.45) is 2.59. The number of fused-ring (bicyclic) bond motifs is 1. The van der Waals surface area contributed by atoms with E-state index in [1.165, 1.54) is 11.8 Å². The van der Waals surface area contributed by atoms with Gasteiger partial charge in [-0.2, -0.15) is 4.98 Å². The highest BCUT2D eigenvalue weighted by molar-refractivity contribution is 5.88. The molecule has 0 aliphatic carbocycles. The highest BCUT2D eigenvalue weighted by atomic mass is 16.2.